The largest absolute Gasteiger partial charge is 0.493 e. The Morgan fingerprint density at radius 1 is 1.29 bits per heavy atom. The predicted octanol–water partition coefficient (Wildman–Crippen LogP) is 2.19. The average molecular weight is 326 g/mol. The first-order chi connectivity index (χ1) is 11.6. The summed E-state index contributed by atoms with van der Waals surface area (Å²) in [4.78, 5) is 28.0. The summed E-state index contributed by atoms with van der Waals surface area (Å²) in [6.07, 6.45) is 2.11. The Kier molecular flexibility index (Phi) is 4.74. The van der Waals surface area contributed by atoms with Gasteiger partial charge in [-0.3, -0.25) is 9.78 Å². The van der Waals surface area contributed by atoms with Gasteiger partial charge in [0.25, 0.3) is 5.91 Å². The molecular weight excluding hydrogens is 308 g/mol. The number of nitrogens with zero attached hydrogens (tertiary/aromatic N) is 1. The van der Waals surface area contributed by atoms with Gasteiger partial charge in [-0.15, -0.1) is 0 Å². The third-order valence-corrected chi connectivity index (χ3v) is 3.78. The second kappa shape index (κ2) is 7.12. The van der Waals surface area contributed by atoms with Crippen LogP contribution in [0, 0.1) is 6.92 Å². The summed E-state index contributed by atoms with van der Waals surface area (Å²) < 4.78 is 10.6. The lowest BCUT2D eigenvalue weighted by Gasteiger charge is -2.26. The highest BCUT2D eigenvalue weighted by Crippen LogP contribution is 2.31. The molecule has 124 valence electrons. The van der Waals surface area contributed by atoms with Crippen molar-refractivity contribution in [3.8, 4) is 5.75 Å². The fourth-order valence-electron chi connectivity index (χ4n) is 2.53. The SMILES string of the molecule is Cc1ccc(C(=O)OCC(=O)NC2CCOc3ccccc32)cn1. The van der Waals surface area contributed by atoms with Crippen molar-refractivity contribution in [3.63, 3.8) is 0 Å². The van der Waals surface area contributed by atoms with Crippen molar-refractivity contribution in [1.82, 2.24) is 10.3 Å². The van der Waals surface area contributed by atoms with Crippen LogP contribution in [-0.4, -0.2) is 30.1 Å². The molecule has 24 heavy (non-hydrogen) atoms. The summed E-state index contributed by atoms with van der Waals surface area (Å²) in [5.41, 5.74) is 2.07. The molecule has 0 radical (unpaired) electrons. The summed E-state index contributed by atoms with van der Waals surface area (Å²) in [5.74, 6) is -0.132. The normalized spacial score (nSPS) is 15.8. The van der Waals surface area contributed by atoms with E-state index in [2.05, 4.69) is 10.3 Å². The van der Waals surface area contributed by atoms with Crippen molar-refractivity contribution in [1.29, 1.82) is 0 Å². The second-order valence-electron chi connectivity index (χ2n) is 5.56. The second-order valence-corrected chi connectivity index (χ2v) is 5.56. The molecule has 3 rings (SSSR count). The molecule has 1 aromatic heterocycles. The summed E-state index contributed by atoms with van der Waals surface area (Å²) >= 11 is 0. The first-order valence-electron chi connectivity index (χ1n) is 7.74. The number of carbonyl (C=O) groups excluding carboxylic acids is 2. The maximum Gasteiger partial charge on any atom is 0.340 e. The molecule has 6 nitrogen and oxygen atoms in total. The van der Waals surface area contributed by atoms with Crippen LogP contribution in [0.4, 0.5) is 0 Å². The zero-order chi connectivity index (χ0) is 16.9. The number of rotatable bonds is 4. The van der Waals surface area contributed by atoms with Crippen molar-refractivity contribution in [2.75, 3.05) is 13.2 Å². The molecule has 1 atom stereocenters. The van der Waals surface area contributed by atoms with Crippen LogP contribution in [0.1, 0.15) is 34.1 Å². The van der Waals surface area contributed by atoms with Gasteiger partial charge in [-0.25, -0.2) is 4.79 Å². The molecule has 0 saturated carbocycles. The third kappa shape index (κ3) is 3.71. The van der Waals surface area contributed by atoms with E-state index in [4.69, 9.17) is 9.47 Å². The summed E-state index contributed by atoms with van der Waals surface area (Å²) in [6, 6.07) is 10.8. The molecule has 6 heteroatoms. The van der Waals surface area contributed by atoms with Gasteiger partial charge in [-0.05, 0) is 25.1 Å². The Balaban J connectivity index is 1.55. The molecule has 1 amide bonds. The van der Waals surface area contributed by atoms with E-state index in [1.165, 1.54) is 6.20 Å². The monoisotopic (exact) mass is 326 g/mol. The number of esters is 1. The Morgan fingerprint density at radius 3 is 2.92 bits per heavy atom. The van der Waals surface area contributed by atoms with Gasteiger partial charge in [0.2, 0.25) is 0 Å². The van der Waals surface area contributed by atoms with Gasteiger partial charge < -0.3 is 14.8 Å². The number of nitrogens with one attached hydrogen (secondary N) is 1. The van der Waals surface area contributed by atoms with Gasteiger partial charge in [-0.2, -0.15) is 0 Å². The maximum atomic E-state index is 12.1. The Labute approximate surface area is 139 Å². The van der Waals surface area contributed by atoms with Crippen LogP contribution in [0.15, 0.2) is 42.6 Å². The Hall–Kier alpha value is -2.89. The highest BCUT2D eigenvalue weighted by atomic mass is 16.5. The van der Waals surface area contributed by atoms with Gasteiger partial charge in [0.15, 0.2) is 6.61 Å². The van der Waals surface area contributed by atoms with Gasteiger partial charge in [-0.1, -0.05) is 18.2 Å². The third-order valence-electron chi connectivity index (χ3n) is 3.78. The van der Waals surface area contributed by atoms with Crippen LogP contribution in [0.5, 0.6) is 5.75 Å². The van der Waals surface area contributed by atoms with Crippen molar-refractivity contribution >= 4 is 11.9 Å². The minimum Gasteiger partial charge on any atom is -0.493 e. The fraction of sp³-hybridized carbons (Fsp3) is 0.278. The molecule has 2 aromatic rings. The number of fused-ring (bicyclic) bond motifs is 1. The van der Waals surface area contributed by atoms with Gasteiger partial charge in [0.05, 0.1) is 18.2 Å². The summed E-state index contributed by atoms with van der Waals surface area (Å²) in [5, 5.41) is 2.88. The van der Waals surface area contributed by atoms with Crippen LogP contribution in [-0.2, 0) is 9.53 Å². The molecular formula is C18H18N2O4. The van der Waals surface area contributed by atoms with Crippen molar-refractivity contribution in [2.24, 2.45) is 0 Å². The van der Waals surface area contributed by atoms with E-state index < -0.39 is 5.97 Å². The maximum absolute atomic E-state index is 12.1. The molecule has 1 unspecified atom stereocenters. The minimum atomic E-state index is -0.565. The number of amides is 1. The van der Waals surface area contributed by atoms with Crippen LogP contribution < -0.4 is 10.1 Å². The van der Waals surface area contributed by atoms with E-state index in [0.29, 0.717) is 18.6 Å². The van der Waals surface area contributed by atoms with E-state index in [1.54, 1.807) is 12.1 Å². The van der Waals surface area contributed by atoms with Gasteiger partial charge in [0.1, 0.15) is 5.75 Å². The molecule has 0 bridgehead atoms. The molecule has 0 aliphatic carbocycles. The Morgan fingerprint density at radius 2 is 2.12 bits per heavy atom. The smallest absolute Gasteiger partial charge is 0.340 e. The predicted molar refractivity (Wildman–Crippen MR) is 86.7 cm³/mol. The Bertz CT molecular complexity index is 743. The lowest BCUT2D eigenvalue weighted by Crippen LogP contribution is -2.35. The zero-order valence-corrected chi connectivity index (χ0v) is 13.3. The molecule has 2 heterocycles. The van der Waals surface area contributed by atoms with E-state index in [-0.39, 0.29) is 18.6 Å². The highest BCUT2D eigenvalue weighted by molar-refractivity contribution is 5.91. The number of hydrogen-bond donors (Lipinski definition) is 1. The van der Waals surface area contributed by atoms with Gasteiger partial charge >= 0.3 is 5.97 Å². The molecule has 1 aliphatic rings. The van der Waals surface area contributed by atoms with E-state index in [1.807, 2.05) is 31.2 Å². The zero-order valence-electron chi connectivity index (χ0n) is 13.3. The molecule has 0 fully saturated rings. The van der Waals surface area contributed by atoms with Crippen LogP contribution in [0.25, 0.3) is 0 Å². The first-order valence-corrected chi connectivity index (χ1v) is 7.74. The first kappa shape index (κ1) is 16.0. The number of pyridine rings is 1. The standard InChI is InChI=1S/C18H18N2O4/c1-12-6-7-13(10-19-12)18(22)24-11-17(21)20-15-8-9-23-16-5-3-2-4-14(15)16/h2-7,10,15H,8-9,11H2,1H3,(H,20,21). The summed E-state index contributed by atoms with van der Waals surface area (Å²) in [6.45, 7) is 2.04. The fourth-order valence-corrected chi connectivity index (χ4v) is 2.53. The molecule has 1 N–H and O–H groups in total. The molecule has 0 saturated heterocycles. The van der Waals surface area contributed by atoms with Crippen LogP contribution in [0.2, 0.25) is 0 Å². The van der Waals surface area contributed by atoms with E-state index >= 15 is 0 Å². The quantitative estimate of drug-likeness (QED) is 0.872. The number of aromatic nitrogens is 1. The number of hydrogen-bond acceptors (Lipinski definition) is 5. The lowest BCUT2D eigenvalue weighted by molar-refractivity contribution is -0.125. The summed E-state index contributed by atoms with van der Waals surface area (Å²) in [7, 11) is 0. The highest BCUT2D eigenvalue weighted by Gasteiger charge is 2.23. The number of para-hydroxylation sites is 1. The lowest BCUT2D eigenvalue weighted by atomic mass is 10.0. The van der Waals surface area contributed by atoms with Crippen LogP contribution >= 0.6 is 0 Å². The average Bonchev–Trinajstić information content (AvgIpc) is 2.61. The van der Waals surface area contributed by atoms with Crippen molar-refractivity contribution in [3.05, 3.63) is 59.4 Å². The van der Waals surface area contributed by atoms with Gasteiger partial charge in [0, 0.05) is 23.9 Å². The molecule has 1 aromatic carbocycles. The number of aryl methyl sites for hydroxylation is 1. The van der Waals surface area contributed by atoms with E-state index in [9.17, 15) is 9.59 Å². The number of carbonyl (C=O) groups is 2. The van der Waals surface area contributed by atoms with Crippen LogP contribution in [0.3, 0.4) is 0 Å². The number of ether oxygens (including phenoxy) is 2. The number of benzene rings is 1. The minimum absolute atomic E-state index is 0.137. The topological polar surface area (TPSA) is 77.5 Å². The van der Waals surface area contributed by atoms with Crippen molar-refractivity contribution < 1.29 is 19.1 Å². The van der Waals surface area contributed by atoms with E-state index in [0.717, 1.165) is 17.0 Å². The van der Waals surface area contributed by atoms with Crippen molar-refractivity contribution in [2.45, 2.75) is 19.4 Å². The molecule has 1 aliphatic heterocycles. The molecule has 0 spiro atoms.